The maximum Gasteiger partial charge on any atom is 0.410 e. The summed E-state index contributed by atoms with van der Waals surface area (Å²) in [5, 5.41) is 13.4. The summed E-state index contributed by atoms with van der Waals surface area (Å²) in [5.74, 6) is -3.60. The molecule has 27 heavy (non-hydrogen) atoms. The van der Waals surface area contributed by atoms with Crippen LogP contribution in [0.1, 0.15) is 12.0 Å². The van der Waals surface area contributed by atoms with Gasteiger partial charge >= 0.3 is 6.09 Å². The number of benzene rings is 2. The van der Waals surface area contributed by atoms with Gasteiger partial charge in [-0.1, -0.05) is 29.3 Å². The van der Waals surface area contributed by atoms with Crippen molar-refractivity contribution in [1.82, 2.24) is 5.32 Å². The second kappa shape index (κ2) is 7.72. The van der Waals surface area contributed by atoms with E-state index in [4.69, 9.17) is 27.9 Å². The van der Waals surface area contributed by atoms with E-state index in [2.05, 4.69) is 5.32 Å². The highest BCUT2D eigenvalue weighted by atomic mass is 35.5. The van der Waals surface area contributed by atoms with E-state index in [-0.39, 0.29) is 24.5 Å². The molecule has 0 spiro atoms. The molecule has 142 valence electrons. The maximum atomic E-state index is 13.3. The van der Waals surface area contributed by atoms with Crippen LogP contribution in [-0.2, 0) is 16.1 Å². The van der Waals surface area contributed by atoms with Gasteiger partial charge in [0.2, 0.25) is 0 Å². The molecule has 1 heterocycles. The minimum Gasteiger partial charge on any atom is -0.407 e. The van der Waals surface area contributed by atoms with E-state index in [0.29, 0.717) is 16.3 Å². The predicted octanol–water partition coefficient (Wildman–Crippen LogP) is 3.48. The molecule has 1 atom stereocenters. The number of hydrogen-bond donors (Lipinski definition) is 2. The number of carbonyl (C=O) groups excluding carboxylic acids is 2. The van der Waals surface area contributed by atoms with Crippen LogP contribution >= 0.6 is 23.2 Å². The lowest BCUT2D eigenvalue weighted by Crippen LogP contribution is -2.46. The van der Waals surface area contributed by atoms with E-state index >= 15 is 0 Å². The number of nitrogens with one attached hydrogen (secondary N) is 1. The molecule has 0 bridgehead atoms. The summed E-state index contributed by atoms with van der Waals surface area (Å²) in [5.41, 5.74) is 0.893. The second-order valence-corrected chi connectivity index (χ2v) is 6.86. The fraction of sp³-hybridized carbons (Fsp3) is 0.222. The third-order valence-electron chi connectivity index (χ3n) is 3.99. The average Bonchev–Trinajstić information content (AvgIpc) is 2.87. The van der Waals surface area contributed by atoms with Crippen molar-refractivity contribution < 1.29 is 23.8 Å². The van der Waals surface area contributed by atoms with Crippen LogP contribution in [0.5, 0.6) is 0 Å². The van der Waals surface area contributed by atoms with Gasteiger partial charge in [0.25, 0.3) is 11.7 Å². The number of alkyl carbamates (subject to hydrolysis) is 1. The number of nitrogens with zero attached hydrogens (tertiary/aromatic N) is 1. The van der Waals surface area contributed by atoms with Crippen molar-refractivity contribution in [1.29, 1.82) is 0 Å². The summed E-state index contributed by atoms with van der Waals surface area (Å²) in [6.07, 6.45) is -1.11. The van der Waals surface area contributed by atoms with Crippen LogP contribution in [0.25, 0.3) is 0 Å². The molecule has 0 aliphatic carbocycles. The summed E-state index contributed by atoms with van der Waals surface area (Å²) < 4.78 is 18.2. The van der Waals surface area contributed by atoms with Gasteiger partial charge in [0, 0.05) is 35.2 Å². The van der Waals surface area contributed by atoms with Gasteiger partial charge < -0.3 is 20.1 Å². The molecule has 1 fully saturated rings. The van der Waals surface area contributed by atoms with Gasteiger partial charge in [-0.05, 0) is 42.0 Å². The highest BCUT2D eigenvalue weighted by Crippen LogP contribution is 2.30. The number of halogens is 3. The summed E-state index contributed by atoms with van der Waals surface area (Å²) >= 11 is 11.7. The van der Waals surface area contributed by atoms with Crippen LogP contribution in [-0.4, -0.2) is 29.4 Å². The lowest BCUT2D eigenvalue weighted by Gasteiger charge is -2.22. The molecule has 9 heteroatoms. The van der Waals surface area contributed by atoms with Gasteiger partial charge in [0.05, 0.1) is 0 Å². The van der Waals surface area contributed by atoms with E-state index in [1.54, 1.807) is 24.3 Å². The van der Waals surface area contributed by atoms with Crippen LogP contribution in [0.4, 0.5) is 14.9 Å². The predicted molar refractivity (Wildman–Crippen MR) is 98.1 cm³/mol. The van der Waals surface area contributed by atoms with Gasteiger partial charge in [-0.2, -0.15) is 0 Å². The van der Waals surface area contributed by atoms with Crippen molar-refractivity contribution in [2.75, 3.05) is 11.4 Å². The molecule has 2 amide bonds. The molecule has 2 N–H and O–H groups in total. The molecular weight excluding hydrogens is 398 g/mol. The maximum absolute atomic E-state index is 13.3. The number of carbonyl (C=O) groups is 2. The third-order valence-corrected chi connectivity index (χ3v) is 4.45. The standard InChI is InChI=1S/C18H15Cl2FN2O4/c19-12-2-1-3-15(9-12)23-5-4-18(26,16(23)24)27-17(25)22-10-11-6-13(20)8-14(21)7-11/h1-3,6-9,26H,4-5,10H2,(H,22,25)/t18-/m0/s1. The van der Waals surface area contributed by atoms with Crippen molar-refractivity contribution >= 4 is 40.9 Å². The molecule has 0 aromatic heterocycles. The molecule has 1 saturated heterocycles. The zero-order valence-corrected chi connectivity index (χ0v) is 15.4. The number of amides is 2. The Kier molecular flexibility index (Phi) is 5.55. The molecule has 0 radical (unpaired) electrons. The Balaban J connectivity index is 1.62. The molecule has 2 aromatic carbocycles. The lowest BCUT2D eigenvalue weighted by atomic mass is 10.2. The first-order chi connectivity index (χ1) is 12.8. The summed E-state index contributed by atoms with van der Waals surface area (Å²) in [6.45, 7) is 0.0705. The Morgan fingerprint density at radius 1 is 1.26 bits per heavy atom. The molecular formula is C18H15Cl2FN2O4. The Morgan fingerprint density at radius 3 is 2.74 bits per heavy atom. The van der Waals surface area contributed by atoms with E-state index in [9.17, 15) is 19.1 Å². The number of ether oxygens (including phenoxy) is 1. The van der Waals surface area contributed by atoms with Crippen molar-refractivity contribution in [3.8, 4) is 0 Å². The topological polar surface area (TPSA) is 78.9 Å². The Hall–Kier alpha value is -2.35. The van der Waals surface area contributed by atoms with Crippen LogP contribution in [0, 0.1) is 5.82 Å². The van der Waals surface area contributed by atoms with Crippen molar-refractivity contribution in [2.24, 2.45) is 0 Å². The summed E-state index contributed by atoms with van der Waals surface area (Å²) in [4.78, 5) is 25.8. The van der Waals surface area contributed by atoms with Crippen LogP contribution < -0.4 is 10.2 Å². The molecule has 6 nitrogen and oxygen atoms in total. The van der Waals surface area contributed by atoms with E-state index in [1.165, 1.54) is 17.0 Å². The molecule has 0 unspecified atom stereocenters. The highest BCUT2D eigenvalue weighted by molar-refractivity contribution is 6.31. The van der Waals surface area contributed by atoms with Crippen LogP contribution in [0.15, 0.2) is 42.5 Å². The first-order valence-corrected chi connectivity index (χ1v) is 8.74. The zero-order valence-electron chi connectivity index (χ0n) is 13.9. The highest BCUT2D eigenvalue weighted by Gasteiger charge is 2.49. The zero-order chi connectivity index (χ0) is 19.6. The van der Waals surface area contributed by atoms with E-state index in [0.717, 1.165) is 6.07 Å². The fourth-order valence-corrected chi connectivity index (χ4v) is 3.17. The van der Waals surface area contributed by atoms with E-state index < -0.39 is 23.6 Å². The van der Waals surface area contributed by atoms with Crippen molar-refractivity contribution in [3.05, 3.63) is 63.9 Å². The Labute approximate surface area is 164 Å². The normalized spacial score (nSPS) is 19.3. The number of aliphatic hydroxyl groups is 1. The smallest absolute Gasteiger partial charge is 0.407 e. The number of hydrogen-bond acceptors (Lipinski definition) is 4. The number of rotatable bonds is 4. The monoisotopic (exact) mass is 412 g/mol. The fourth-order valence-electron chi connectivity index (χ4n) is 2.74. The Morgan fingerprint density at radius 2 is 2.04 bits per heavy atom. The second-order valence-electron chi connectivity index (χ2n) is 5.99. The summed E-state index contributed by atoms with van der Waals surface area (Å²) in [6, 6.07) is 10.3. The van der Waals surface area contributed by atoms with Crippen LogP contribution in [0.3, 0.4) is 0 Å². The molecule has 3 rings (SSSR count). The largest absolute Gasteiger partial charge is 0.410 e. The molecule has 0 saturated carbocycles. The van der Waals surface area contributed by atoms with Crippen molar-refractivity contribution in [2.45, 2.75) is 18.8 Å². The average molecular weight is 413 g/mol. The Bertz CT molecular complexity index is 875. The number of anilines is 1. The third kappa shape index (κ3) is 4.50. The van der Waals surface area contributed by atoms with Gasteiger partial charge in [-0.25, -0.2) is 9.18 Å². The van der Waals surface area contributed by atoms with Gasteiger partial charge in [-0.3, -0.25) is 4.79 Å². The first kappa shape index (κ1) is 19.4. The quantitative estimate of drug-likeness (QED) is 0.753. The first-order valence-electron chi connectivity index (χ1n) is 7.98. The minimum absolute atomic E-state index is 0.0847. The summed E-state index contributed by atoms with van der Waals surface area (Å²) in [7, 11) is 0. The van der Waals surface area contributed by atoms with Gasteiger partial charge in [0.1, 0.15) is 5.82 Å². The lowest BCUT2D eigenvalue weighted by molar-refractivity contribution is -0.175. The van der Waals surface area contributed by atoms with Crippen LogP contribution in [0.2, 0.25) is 10.0 Å². The van der Waals surface area contributed by atoms with E-state index in [1.807, 2.05) is 0 Å². The van der Waals surface area contributed by atoms with Crippen molar-refractivity contribution in [3.63, 3.8) is 0 Å². The molecule has 1 aliphatic rings. The molecule has 2 aromatic rings. The molecule has 1 aliphatic heterocycles. The minimum atomic E-state index is -2.29. The van der Waals surface area contributed by atoms with Gasteiger partial charge in [-0.15, -0.1) is 0 Å². The van der Waals surface area contributed by atoms with Gasteiger partial charge in [0.15, 0.2) is 0 Å². The SMILES string of the molecule is O=C(NCc1cc(F)cc(Cl)c1)O[C@@]1(O)CCN(c2cccc(Cl)c2)C1=O.